The molecule has 2 heterocycles. The summed E-state index contributed by atoms with van der Waals surface area (Å²) in [6.07, 6.45) is 5.16. The van der Waals surface area contributed by atoms with E-state index in [0.717, 1.165) is 38.8 Å². The summed E-state index contributed by atoms with van der Waals surface area (Å²) in [5.74, 6) is -0.833. The lowest BCUT2D eigenvalue weighted by Crippen LogP contribution is -2.44. The number of hydrogen-bond donors (Lipinski definition) is 2. The fraction of sp³-hybridized carbons (Fsp3) is 0.385. The van der Waals surface area contributed by atoms with Crippen LogP contribution in [0.15, 0.2) is 29.6 Å². The quantitative estimate of drug-likeness (QED) is 0.472. The molecule has 0 radical (unpaired) electrons. The highest BCUT2D eigenvalue weighted by atomic mass is 32.1. The summed E-state index contributed by atoms with van der Waals surface area (Å²) in [4.78, 5) is 15.0. The first-order chi connectivity index (χ1) is 10.1. The molecule has 0 amide bonds. The van der Waals surface area contributed by atoms with Crippen LogP contribution in [0.1, 0.15) is 12.5 Å². The number of pyridine rings is 1. The molecule has 2 N–H and O–H groups in total. The number of aliphatic carboxylic acids is 1. The van der Waals surface area contributed by atoms with E-state index in [1.165, 1.54) is 0 Å². The maximum Gasteiger partial charge on any atom is 0.300 e. The maximum absolute atomic E-state index is 9.00. The van der Waals surface area contributed by atoms with Gasteiger partial charge in [-0.3, -0.25) is 15.2 Å². The van der Waals surface area contributed by atoms with Gasteiger partial charge in [-0.25, -0.2) is 0 Å². The van der Waals surface area contributed by atoms with E-state index in [2.05, 4.69) is 15.5 Å². The van der Waals surface area contributed by atoms with Crippen molar-refractivity contribution >= 4 is 29.5 Å². The second kappa shape index (κ2) is 9.78. The van der Waals surface area contributed by atoms with Crippen molar-refractivity contribution in [2.75, 3.05) is 26.3 Å². The Bertz CT molecular complexity index is 472. The topological polar surface area (TPSA) is 87.0 Å². The number of carbonyl (C=O) groups is 1. The number of carboxylic acids is 1. The number of thiocarbonyl (C=S) groups is 1. The van der Waals surface area contributed by atoms with Crippen LogP contribution in [0.3, 0.4) is 0 Å². The molecule has 7 nitrogen and oxygen atoms in total. The number of nitrogens with zero attached hydrogens (tertiary/aromatic N) is 3. The largest absolute Gasteiger partial charge is 0.481 e. The van der Waals surface area contributed by atoms with Gasteiger partial charge in [0.25, 0.3) is 5.97 Å². The minimum absolute atomic E-state index is 0.638. The van der Waals surface area contributed by atoms with Gasteiger partial charge in [-0.2, -0.15) is 5.10 Å². The Morgan fingerprint density at radius 1 is 1.48 bits per heavy atom. The fourth-order valence-corrected chi connectivity index (χ4v) is 1.68. The number of nitrogens with one attached hydrogen (secondary N) is 1. The highest BCUT2D eigenvalue weighted by molar-refractivity contribution is 7.80. The molecule has 0 atom stereocenters. The van der Waals surface area contributed by atoms with Crippen LogP contribution in [-0.4, -0.2) is 58.6 Å². The van der Waals surface area contributed by atoms with Gasteiger partial charge in [-0.1, -0.05) is 0 Å². The normalized spacial score (nSPS) is 14.2. The van der Waals surface area contributed by atoms with Crippen molar-refractivity contribution in [2.24, 2.45) is 5.10 Å². The Labute approximate surface area is 128 Å². The molecule has 0 aromatic carbocycles. The van der Waals surface area contributed by atoms with Crippen LogP contribution >= 0.6 is 12.2 Å². The van der Waals surface area contributed by atoms with Crippen LogP contribution < -0.4 is 5.43 Å². The minimum atomic E-state index is -0.833. The van der Waals surface area contributed by atoms with Crippen molar-refractivity contribution in [3.63, 3.8) is 0 Å². The highest BCUT2D eigenvalue weighted by Crippen LogP contribution is 1.97. The van der Waals surface area contributed by atoms with Gasteiger partial charge >= 0.3 is 0 Å². The average molecular weight is 310 g/mol. The molecule has 1 fully saturated rings. The molecule has 0 aliphatic carbocycles. The molecule has 0 bridgehead atoms. The lowest BCUT2D eigenvalue weighted by atomic mass is 10.3. The van der Waals surface area contributed by atoms with E-state index < -0.39 is 5.97 Å². The maximum atomic E-state index is 9.00. The number of aromatic nitrogens is 1. The zero-order valence-corrected chi connectivity index (χ0v) is 12.5. The molecule has 1 aliphatic rings. The first-order valence-corrected chi connectivity index (χ1v) is 6.75. The second-order valence-electron chi connectivity index (χ2n) is 4.07. The number of ether oxygens (including phenoxy) is 1. The van der Waals surface area contributed by atoms with Crippen LogP contribution in [0.5, 0.6) is 0 Å². The summed E-state index contributed by atoms with van der Waals surface area (Å²) < 4.78 is 5.25. The highest BCUT2D eigenvalue weighted by Gasteiger charge is 2.12. The van der Waals surface area contributed by atoms with Crippen LogP contribution in [0, 0.1) is 0 Å². The summed E-state index contributed by atoms with van der Waals surface area (Å²) in [7, 11) is 0. The first-order valence-electron chi connectivity index (χ1n) is 6.35. The molecular weight excluding hydrogens is 292 g/mol. The predicted octanol–water partition coefficient (Wildman–Crippen LogP) is 0.713. The summed E-state index contributed by atoms with van der Waals surface area (Å²) in [5, 5.41) is 12.1. The Balaban J connectivity index is 0.000000491. The third-order valence-corrected chi connectivity index (χ3v) is 2.73. The van der Waals surface area contributed by atoms with Crippen molar-refractivity contribution in [1.82, 2.24) is 15.3 Å². The molecular formula is C13H18N4O3S. The monoisotopic (exact) mass is 310 g/mol. The molecule has 1 aromatic heterocycles. The summed E-state index contributed by atoms with van der Waals surface area (Å²) in [6, 6.07) is 3.76. The summed E-state index contributed by atoms with van der Waals surface area (Å²) in [5.41, 5.74) is 3.84. The Hall–Kier alpha value is -2.06. The van der Waals surface area contributed by atoms with Crippen LogP contribution in [0.4, 0.5) is 0 Å². The predicted molar refractivity (Wildman–Crippen MR) is 83.3 cm³/mol. The van der Waals surface area contributed by atoms with Crippen molar-refractivity contribution < 1.29 is 14.6 Å². The van der Waals surface area contributed by atoms with Gasteiger partial charge in [0.05, 0.1) is 19.4 Å². The van der Waals surface area contributed by atoms with E-state index in [1.54, 1.807) is 18.6 Å². The molecule has 0 unspecified atom stereocenters. The summed E-state index contributed by atoms with van der Waals surface area (Å²) >= 11 is 5.22. The Kier molecular flexibility index (Phi) is 7.92. The third kappa shape index (κ3) is 7.95. The van der Waals surface area contributed by atoms with Crippen LogP contribution in [0.25, 0.3) is 0 Å². The van der Waals surface area contributed by atoms with Crippen molar-refractivity contribution in [3.05, 3.63) is 30.1 Å². The van der Waals surface area contributed by atoms with E-state index >= 15 is 0 Å². The Morgan fingerprint density at radius 2 is 2.05 bits per heavy atom. The minimum Gasteiger partial charge on any atom is -0.481 e. The van der Waals surface area contributed by atoms with Gasteiger partial charge in [-0.15, -0.1) is 0 Å². The molecule has 0 spiro atoms. The Morgan fingerprint density at radius 3 is 2.62 bits per heavy atom. The van der Waals surface area contributed by atoms with Gasteiger partial charge in [0.2, 0.25) is 0 Å². The standard InChI is InChI=1S/C11H14N4OS.C2H4O2/c17-11(15-5-7-16-8-6-15)14-13-9-10-1-3-12-4-2-10;1-2(3)4/h1-4,9H,5-8H2,(H,14,17);1H3,(H,3,4). The van der Waals surface area contributed by atoms with Crippen LogP contribution in [0.2, 0.25) is 0 Å². The molecule has 8 heteroatoms. The molecule has 114 valence electrons. The van der Waals surface area contributed by atoms with Crippen molar-refractivity contribution in [2.45, 2.75) is 6.92 Å². The molecule has 1 saturated heterocycles. The zero-order valence-electron chi connectivity index (χ0n) is 11.7. The molecule has 0 saturated carbocycles. The zero-order chi connectivity index (χ0) is 15.5. The molecule has 1 aromatic rings. The van der Waals surface area contributed by atoms with Gasteiger partial charge in [0, 0.05) is 32.4 Å². The molecule has 1 aliphatic heterocycles. The van der Waals surface area contributed by atoms with Crippen molar-refractivity contribution in [3.8, 4) is 0 Å². The van der Waals surface area contributed by atoms with Crippen molar-refractivity contribution in [1.29, 1.82) is 0 Å². The smallest absolute Gasteiger partial charge is 0.300 e. The summed E-state index contributed by atoms with van der Waals surface area (Å²) in [6.45, 7) is 4.15. The van der Waals surface area contributed by atoms with E-state index in [1.807, 2.05) is 17.0 Å². The van der Waals surface area contributed by atoms with E-state index in [9.17, 15) is 0 Å². The molecule has 2 rings (SSSR count). The SMILES string of the molecule is CC(=O)O.S=C(NN=Cc1ccncc1)N1CCOCC1. The number of morpholine rings is 1. The van der Waals surface area contributed by atoms with Gasteiger partial charge in [-0.05, 0) is 29.9 Å². The third-order valence-electron chi connectivity index (χ3n) is 2.38. The average Bonchev–Trinajstić information content (AvgIpc) is 2.48. The number of hydrogen-bond acceptors (Lipinski definition) is 5. The number of carboxylic acid groups (broad SMARTS) is 1. The van der Waals surface area contributed by atoms with E-state index in [-0.39, 0.29) is 0 Å². The first kappa shape index (κ1) is 17.0. The van der Waals surface area contributed by atoms with E-state index in [0.29, 0.717) is 5.11 Å². The van der Waals surface area contributed by atoms with Gasteiger partial charge < -0.3 is 14.7 Å². The number of hydrazone groups is 1. The van der Waals surface area contributed by atoms with Crippen LogP contribution in [-0.2, 0) is 9.53 Å². The lowest BCUT2D eigenvalue weighted by Gasteiger charge is -2.28. The van der Waals surface area contributed by atoms with Gasteiger partial charge in [0.15, 0.2) is 5.11 Å². The second-order valence-corrected chi connectivity index (χ2v) is 4.46. The van der Waals surface area contributed by atoms with Gasteiger partial charge in [0.1, 0.15) is 0 Å². The molecule has 21 heavy (non-hydrogen) atoms. The lowest BCUT2D eigenvalue weighted by molar-refractivity contribution is -0.134. The van der Waals surface area contributed by atoms with E-state index in [4.69, 9.17) is 26.9 Å². The fourth-order valence-electron chi connectivity index (χ4n) is 1.45. The number of rotatable bonds is 2.